The fraction of sp³-hybridized carbons (Fsp3) is 0.467. The van der Waals surface area contributed by atoms with Crippen LogP contribution in [0.5, 0.6) is 0 Å². The molecule has 0 aliphatic heterocycles. The second-order valence-electron chi connectivity index (χ2n) is 6.11. The lowest BCUT2D eigenvalue weighted by Gasteiger charge is -2.17. The molecule has 0 unspecified atom stereocenters. The van der Waals surface area contributed by atoms with E-state index in [-0.39, 0.29) is 11.6 Å². The average molecular weight is 303 g/mol. The van der Waals surface area contributed by atoms with Gasteiger partial charge in [0.25, 0.3) is 0 Å². The highest BCUT2D eigenvalue weighted by atomic mass is 16.2. The van der Waals surface area contributed by atoms with Crippen LogP contribution in [-0.2, 0) is 18.4 Å². The van der Waals surface area contributed by atoms with E-state index < -0.39 is 5.41 Å². The van der Waals surface area contributed by atoms with Gasteiger partial charge in [-0.05, 0) is 12.1 Å². The second kappa shape index (κ2) is 6.13. The molecule has 0 fully saturated rings. The molecule has 2 aromatic rings. The fourth-order valence-electron chi connectivity index (χ4n) is 1.89. The lowest BCUT2D eigenvalue weighted by molar-refractivity contribution is -0.128. The first-order valence-corrected chi connectivity index (χ1v) is 7.14. The number of carbonyl (C=O) groups is 1. The maximum Gasteiger partial charge on any atom is 0.346 e. The highest BCUT2D eigenvalue weighted by Crippen LogP contribution is 2.12. The van der Waals surface area contributed by atoms with Crippen molar-refractivity contribution < 1.29 is 4.79 Å². The SMILES string of the molecule is Cn1c(-c2ccccn2)nn(CCNC(=O)C(C)(C)C)c1=O. The number of carbonyl (C=O) groups excluding carboxylic acids is 1. The fourth-order valence-corrected chi connectivity index (χ4v) is 1.89. The molecule has 2 rings (SSSR count). The third kappa shape index (κ3) is 3.41. The van der Waals surface area contributed by atoms with Crippen LogP contribution in [0, 0.1) is 5.41 Å². The summed E-state index contributed by atoms with van der Waals surface area (Å²) in [7, 11) is 1.66. The van der Waals surface area contributed by atoms with E-state index in [1.807, 2.05) is 26.8 Å². The smallest absolute Gasteiger partial charge is 0.346 e. The van der Waals surface area contributed by atoms with E-state index in [0.29, 0.717) is 24.6 Å². The van der Waals surface area contributed by atoms with Gasteiger partial charge < -0.3 is 5.32 Å². The van der Waals surface area contributed by atoms with Crippen molar-refractivity contribution in [1.29, 1.82) is 0 Å². The summed E-state index contributed by atoms with van der Waals surface area (Å²) in [6.07, 6.45) is 1.66. The number of hydrogen-bond donors (Lipinski definition) is 1. The van der Waals surface area contributed by atoms with Gasteiger partial charge in [0.2, 0.25) is 5.91 Å². The van der Waals surface area contributed by atoms with Crippen LogP contribution in [0.1, 0.15) is 20.8 Å². The largest absolute Gasteiger partial charge is 0.354 e. The minimum absolute atomic E-state index is 0.0542. The summed E-state index contributed by atoms with van der Waals surface area (Å²) in [5.41, 5.74) is -0.0426. The van der Waals surface area contributed by atoms with Gasteiger partial charge in [-0.3, -0.25) is 14.3 Å². The van der Waals surface area contributed by atoms with Crippen molar-refractivity contribution in [2.24, 2.45) is 12.5 Å². The molecule has 0 radical (unpaired) electrons. The summed E-state index contributed by atoms with van der Waals surface area (Å²) in [5.74, 6) is 0.453. The molecule has 0 saturated heterocycles. The van der Waals surface area contributed by atoms with Crippen LogP contribution in [0.4, 0.5) is 0 Å². The minimum atomic E-state index is -0.450. The number of nitrogens with one attached hydrogen (secondary N) is 1. The van der Waals surface area contributed by atoms with Gasteiger partial charge in [0.15, 0.2) is 5.82 Å². The van der Waals surface area contributed by atoms with Crippen LogP contribution in [0.15, 0.2) is 29.2 Å². The molecule has 118 valence electrons. The molecule has 0 spiro atoms. The van der Waals surface area contributed by atoms with Gasteiger partial charge in [-0.2, -0.15) is 0 Å². The van der Waals surface area contributed by atoms with Crippen molar-refractivity contribution in [3.05, 3.63) is 34.9 Å². The van der Waals surface area contributed by atoms with E-state index in [9.17, 15) is 9.59 Å². The summed E-state index contributed by atoms with van der Waals surface area (Å²) in [5, 5.41) is 7.10. The molecule has 0 atom stereocenters. The molecule has 22 heavy (non-hydrogen) atoms. The van der Waals surface area contributed by atoms with Crippen molar-refractivity contribution in [2.75, 3.05) is 6.54 Å². The monoisotopic (exact) mass is 303 g/mol. The molecular formula is C15H21N5O2. The van der Waals surface area contributed by atoms with Gasteiger partial charge in [0, 0.05) is 25.2 Å². The highest BCUT2D eigenvalue weighted by Gasteiger charge is 2.20. The number of pyridine rings is 1. The van der Waals surface area contributed by atoms with E-state index in [4.69, 9.17) is 0 Å². The predicted molar refractivity (Wildman–Crippen MR) is 83.2 cm³/mol. The third-order valence-electron chi connectivity index (χ3n) is 3.23. The zero-order chi connectivity index (χ0) is 16.3. The van der Waals surface area contributed by atoms with Gasteiger partial charge in [-0.1, -0.05) is 26.8 Å². The Labute approximate surface area is 129 Å². The van der Waals surface area contributed by atoms with Gasteiger partial charge >= 0.3 is 5.69 Å². The lowest BCUT2D eigenvalue weighted by Crippen LogP contribution is -2.38. The summed E-state index contributed by atoms with van der Waals surface area (Å²) >= 11 is 0. The highest BCUT2D eigenvalue weighted by molar-refractivity contribution is 5.81. The van der Waals surface area contributed by atoms with Gasteiger partial charge in [-0.15, -0.1) is 5.10 Å². The first kappa shape index (κ1) is 15.9. The first-order valence-electron chi connectivity index (χ1n) is 7.14. The molecule has 2 aromatic heterocycles. The second-order valence-corrected chi connectivity index (χ2v) is 6.11. The Balaban J connectivity index is 2.11. The van der Waals surface area contributed by atoms with E-state index in [1.165, 1.54) is 9.25 Å². The Morgan fingerprint density at radius 1 is 1.32 bits per heavy atom. The predicted octanol–water partition coefficient (Wildman–Crippen LogP) is 0.806. The molecule has 1 N–H and O–H groups in total. The van der Waals surface area contributed by atoms with E-state index in [0.717, 1.165) is 0 Å². The van der Waals surface area contributed by atoms with Crippen LogP contribution in [0.3, 0.4) is 0 Å². The molecule has 2 heterocycles. The lowest BCUT2D eigenvalue weighted by atomic mass is 9.96. The number of hydrogen-bond acceptors (Lipinski definition) is 4. The molecule has 0 aliphatic carbocycles. The molecule has 7 heteroatoms. The van der Waals surface area contributed by atoms with E-state index in [1.54, 1.807) is 25.4 Å². The third-order valence-corrected chi connectivity index (χ3v) is 3.23. The van der Waals surface area contributed by atoms with Crippen LogP contribution in [0.2, 0.25) is 0 Å². The van der Waals surface area contributed by atoms with Crippen molar-refractivity contribution in [1.82, 2.24) is 24.6 Å². The number of nitrogens with zero attached hydrogens (tertiary/aromatic N) is 4. The molecule has 0 aromatic carbocycles. The quantitative estimate of drug-likeness (QED) is 0.906. The summed E-state index contributed by atoms with van der Waals surface area (Å²) in [6.45, 7) is 6.20. The minimum Gasteiger partial charge on any atom is -0.354 e. The van der Waals surface area contributed by atoms with Crippen LogP contribution in [-0.4, -0.2) is 31.8 Å². The summed E-state index contributed by atoms with van der Waals surface area (Å²) in [6, 6.07) is 5.45. The Bertz CT molecular complexity index is 710. The van der Waals surface area contributed by atoms with E-state index in [2.05, 4.69) is 15.4 Å². The topological polar surface area (TPSA) is 81.8 Å². The molecule has 1 amide bonds. The normalized spacial score (nSPS) is 11.5. The zero-order valence-electron chi connectivity index (χ0n) is 13.3. The Hall–Kier alpha value is -2.44. The zero-order valence-corrected chi connectivity index (χ0v) is 13.3. The molecule has 0 saturated carbocycles. The summed E-state index contributed by atoms with van der Waals surface area (Å²) in [4.78, 5) is 28.2. The summed E-state index contributed by atoms with van der Waals surface area (Å²) < 4.78 is 2.79. The maximum absolute atomic E-state index is 12.2. The molecule has 0 aliphatic rings. The van der Waals surface area contributed by atoms with Crippen LogP contribution < -0.4 is 11.0 Å². The average Bonchev–Trinajstić information content (AvgIpc) is 2.75. The maximum atomic E-state index is 12.2. The van der Waals surface area contributed by atoms with E-state index >= 15 is 0 Å². The Morgan fingerprint density at radius 2 is 2.05 bits per heavy atom. The molecule has 0 bridgehead atoms. The van der Waals surface area contributed by atoms with Gasteiger partial charge in [0.1, 0.15) is 5.69 Å². The van der Waals surface area contributed by atoms with Crippen molar-refractivity contribution in [2.45, 2.75) is 27.3 Å². The van der Waals surface area contributed by atoms with Crippen molar-refractivity contribution in [3.8, 4) is 11.5 Å². The van der Waals surface area contributed by atoms with Crippen molar-refractivity contribution >= 4 is 5.91 Å². The number of aromatic nitrogens is 4. The first-order chi connectivity index (χ1) is 10.3. The number of amides is 1. The van der Waals surface area contributed by atoms with Crippen molar-refractivity contribution in [3.63, 3.8) is 0 Å². The standard InChI is InChI=1S/C15H21N5O2/c1-15(2,3)13(21)17-9-10-20-14(22)19(4)12(18-20)11-7-5-6-8-16-11/h5-8H,9-10H2,1-4H3,(H,17,21). The van der Waals surface area contributed by atoms with Crippen LogP contribution in [0.25, 0.3) is 11.5 Å². The van der Waals surface area contributed by atoms with Gasteiger partial charge in [-0.25, -0.2) is 9.48 Å². The number of rotatable bonds is 4. The Morgan fingerprint density at radius 3 is 2.64 bits per heavy atom. The Kier molecular flexibility index (Phi) is 4.44. The van der Waals surface area contributed by atoms with Crippen LogP contribution >= 0.6 is 0 Å². The van der Waals surface area contributed by atoms with Gasteiger partial charge in [0.05, 0.1) is 6.54 Å². The molecular weight excluding hydrogens is 282 g/mol. The molecule has 7 nitrogen and oxygen atoms in total.